The number of methoxy groups -OCH3 is 2. The van der Waals surface area contributed by atoms with E-state index in [2.05, 4.69) is 5.32 Å². The SMILES string of the molecule is COc1ccc(S(=O)(=O)N(CC(=O)NCC2CCCO2)c2ccccc2F)cc1OC. The molecule has 1 unspecified atom stereocenters. The molecule has 0 aliphatic carbocycles. The van der Waals surface area contributed by atoms with Gasteiger partial charge in [0, 0.05) is 19.2 Å². The summed E-state index contributed by atoms with van der Waals surface area (Å²) in [5, 5.41) is 2.67. The largest absolute Gasteiger partial charge is 0.493 e. The van der Waals surface area contributed by atoms with Crippen LogP contribution < -0.4 is 19.1 Å². The number of sulfonamides is 1. The predicted molar refractivity (Wildman–Crippen MR) is 112 cm³/mol. The summed E-state index contributed by atoms with van der Waals surface area (Å²) in [4.78, 5) is 12.4. The minimum atomic E-state index is -4.30. The number of nitrogens with one attached hydrogen (secondary N) is 1. The lowest BCUT2D eigenvalue weighted by Crippen LogP contribution is -2.43. The third kappa shape index (κ3) is 5.26. The highest BCUT2D eigenvalue weighted by Gasteiger charge is 2.30. The van der Waals surface area contributed by atoms with Crippen molar-refractivity contribution in [2.75, 3.05) is 38.2 Å². The minimum Gasteiger partial charge on any atom is -0.493 e. The molecule has 3 rings (SSSR count). The highest BCUT2D eigenvalue weighted by Crippen LogP contribution is 2.32. The van der Waals surface area contributed by atoms with Crippen LogP contribution in [0.2, 0.25) is 0 Å². The maximum Gasteiger partial charge on any atom is 0.265 e. The van der Waals surface area contributed by atoms with Crippen molar-refractivity contribution >= 4 is 21.6 Å². The summed E-state index contributed by atoms with van der Waals surface area (Å²) in [6, 6.07) is 9.40. The number of hydrogen-bond acceptors (Lipinski definition) is 6. The summed E-state index contributed by atoms with van der Waals surface area (Å²) in [5.41, 5.74) is -0.232. The van der Waals surface area contributed by atoms with Gasteiger partial charge in [-0.2, -0.15) is 0 Å². The second kappa shape index (κ2) is 9.97. The van der Waals surface area contributed by atoms with E-state index in [1.54, 1.807) is 0 Å². The average Bonchev–Trinajstić information content (AvgIpc) is 3.29. The van der Waals surface area contributed by atoms with E-state index in [1.165, 1.54) is 50.6 Å². The van der Waals surface area contributed by atoms with Gasteiger partial charge in [0.05, 0.1) is 30.9 Å². The second-order valence-corrected chi connectivity index (χ2v) is 8.78. The zero-order valence-electron chi connectivity index (χ0n) is 17.3. The molecule has 1 aliphatic rings. The third-order valence-corrected chi connectivity index (χ3v) is 6.66. The number of amides is 1. The molecule has 0 radical (unpaired) electrons. The maximum atomic E-state index is 14.5. The molecule has 2 aromatic carbocycles. The van der Waals surface area contributed by atoms with E-state index in [0.717, 1.165) is 23.2 Å². The Morgan fingerprint density at radius 2 is 1.94 bits per heavy atom. The van der Waals surface area contributed by atoms with E-state index in [4.69, 9.17) is 14.2 Å². The molecular weight excluding hydrogens is 427 g/mol. The zero-order chi connectivity index (χ0) is 22.4. The van der Waals surface area contributed by atoms with Crippen molar-refractivity contribution in [1.82, 2.24) is 5.32 Å². The molecule has 0 saturated carbocycles. The third-order valence-electron chi connectivity index (χ3n) is 4.90. The van der Waals surface area contributed by atoms with Crippen LogP contribution in [-0.4, -0.2) is 54.3 Å². The van der Waals surface area contributed by atoms with Crippen molar-refractivity contribution in [3.8, 4) is 11.5 Å². The molecular formula is C21H25FN2O6S. The van der Waals surface area contributed by atoms with Crippen LogP contribution in [-0.2, 0) is 19.6 Å². The first-order chi connectivity index (χ1) is 14.9. The van der Waals surface area contributed by atoms with Crippen LogP contribution in [0, 0.1) is 5.82 Å². The Bertz CT molecular complexity index is 1020. The first-order valence-corrected chi connectivity index (χ1v) is 11.2. The summed E-state index contributed by atoms with van der Waals surface area (Å²) in [7, 11) is -1.50. The van der Waals surface area contributed by atoms with Crippen LogP contribution in [0.15, 0.2) is 47.4 Å². The fraction of sp³-hybridized carbons (Fsp3) is 0.381. The molecule has 0 spiro atoms. The smallest absolute Gasteiger partial charge is 0.265 e. The summed E-state index contributed by atoms with van der Waals surface area (Å²) in [5.74, 6) is -0.797. The normalized spacial score (nSPS) is 16.0. The summed E-state index contributed by atoms with van der Waals surface area (Å²) >= 11 is 0. The van der Waals surface area contributed by atoms with E-state index >= 15 is 0 Å². The van der Waals surface area contributed by atoms with E-state index in [-0.39, 0.29) is 29.0 Å². The fourth-order valence-electron chi connectivity index (χ4n) is 3.28. The fourth-order valence-corrected chi connectivity index (χ4v) is 4.72. The lowest BCUT2D eigenvalue weighted by atomic mass is 10.2. The Morgan fingerprint density at radius 3 is 2.58 bits per heavy atom. The van der Waals surface area contributed by atoms with Crippen molar-refractivity contribution in [2.45, 2.75) is 23.8 Å². The molecule has 1 saturated heterocycles. The summed E-state index contributed by atoms with van der Waals surface area (Å²) in [6.07, 6.45) is 1.63. The molecule has 1 fully saturated rings. The predicted octanol–water partition coefficient (Wildman–Crippen LogP) is 2.33. The molecule has 0 aromatic heterocycles. The number of para-hydroxylation sites is 1. The van der Waals surface area contributed by atoms with Crippen LogP contribution in [0.3, 0.4) is 0 Å². The van der Waals surface area contributed by atoms with Crippen molar-refractivity contribution < 1.29 is 31.8 Å². The molecule has 1 atom stereocenters. The van der Waals surface area contributed by atoms with Crippen LogP contribution in [0.1, 0.15) is 12.8 Å². The molecule has 1 aliphatic heterocycles. The zero-order valence-corrected chi connectivity index (χ0v) is 18.2. The number of carbonyl (C=O) groups is 1. The van der Waals surface area contributed by atoms with Gasteiger partial charge >= 0.3 is 0 Å². The van der Waals surface area contributed by atoms with Gasteiger partial charge in [0.15, 0.2) is 11.5 Å². The van der Waals surface area contributed by atoms with Gasteiger partial charge in [-0.25, -0.2) is 12.8 Å². The number of hydrogen-bond donors (Lipinski definition) is 1. The van der Waals surface area contributed by atoms with Crippen molar-refractivity contribution in [3.63, 3.8) is 0 Å². The van der Waals surface area contributed by atoms with Gasteiger partial charge in [-0.05, 0) is 37.1 Å². The van der Waals surface area contributed by atoms with Crippen molar-refractivity contribution in [3.05, 3.63) is 48.3 Å². The molecule has 0 bridgehead atoms. The first kappa shape index (κ1) is 22.8. The molecule has 1 heterocycles. The molecule has 1 N–H and O–H groups in total. The van der Waals surface area contributed by atoms with Gasteiger partial charge in [0.2, 0.25) is 5.91 Å². The summed E-state index contributed by atoms with van der Waals surface area (Å²) < 4.78 is 57.9. The number of carbonyl (C=O) groups excluding carboxylic acids is 1. The molecule has 10 heteroatoms. The Kier molecular flexibility index (Phi) is 7.34. The number of benzene rings is 2. The minimum absolute atomic E-state index is 0.103. The van der Waals surface area contributed by atoms with E-state index in [0.29, 0.717) is 12.4 Å². The van der Waals surface area contributed by atoms with E-state index in [9.17, 15) is 17.6 Å². The molecule has 1 amide bonds. The number of ether oxygens (including phenoxy) is 3. The van der Waals surface area contributed by atoms with Crippen LogP contribution in [0.5, 0.6) is 11.5 Å². The van der Waals surface area contributed by atoms with E-state index < -0.39 is 28.3 Å². The Hall–Kier alpha value is -2.85. The van der Waals surface area contributed by atoms with Crippen LogP contribution in [0.25, 0.3) is 0 Å². The average molecular weight is 453 g/mol. The number of rotatable bonds is 9. The Morgan fingerprint density at radius 1 is 1.19 bits per heavy atom. The van der Waals surface area contributed by atoms with Crippen LogP contribution in [0.4, 0.5) is 10.1 Å². The van der Waals surface area contributed by atoms with Crippen molar-refractivity contribution in [2.24, 2.45) is 0 Å². The molecule has 2 aromatic rings. The highest BCUT2D eigenvalue weighted by atomic mass is 32.2. The topological polar surface area (TPSA) is 94.2 Å². The number of nitrogens with zero attached hydrogens (tertiary/aromatic N) is 1. The standard InChI is InChI=1S/C21H25FN2O6S/c1-28-19-10-9-16(12-20(19)29-2)31(26,27)24(18-8-4-3-7-17(18)22)14-21(25)23-13-15-6-5-11-30-15/h3-4,7-10,12,15H,5-6,11,13-14H2,1-2H3,(H,23,25). The quantitative estimate of drug-likeness (QED) is 0.628. The van der Waals surface area contributed by atoms with Gasteiger partial charge in [-0.1, -0.05) is 12.1 Å². The summed E-state index contributed by atoms with van der Waals surface area (Å²) in [6.45, 7) is 0.306. The number of halogens is 1. The van der Waals surface area contributed by atoms with Gasteiger partial charge in [0.25, 0.3) is 10.0 Å². The highest BCUT2D eigenvalue weighted by molar-refractivity contribution is 7.92. The maximum absolute atomic E-state index is 14.5. The Labute approximate surface area is 181 Å². The van der Waals surface area contributed by atoms with E-state index in [1.807, 2.05) is 0 Å². The van der Waals surface area contributed by atoms with Crippen molar-refractivity contribution in [1.29, 1.82) is 0 Å². The van der Waals surface area contributed by atoms with Gasteiger partial charge in [-0.3, -0.25) is 9.10 Å². The number of anilines is 1. The molecule has 8 nitrogen and oxygen atoms in total. The molecule has 31 heavy (non-hydrogen) atoms. The Balaban J connectivity index is 1.91. The second-order valence-electron chi connectivity index (χ2n) is 6.92. The lowest BCUT2D eigenvalue weighted by Gasteiger charge is -2.25. The monoisotopic (exact) mass is 452 g/mol. The van der Waals surface area contributed by atoms with Gasteiger partial charge in [-0.15, -0.1) is 0 Å². The van der Waals surface area contributed by atoms with Gasteiger partial charge < -0.3 is 19.5 Å². The van der Waals surface area contributed by atoms with Gasteiger partial charge in [0.1, 0.15) is 12.4 Å². The first-order valence-electron chi connectivity index (χ1n) is 9.74. The molecule has 168 valence electrons. The lowest BCUT2D eigenvalue weighted by molar-refractivity contribution is -0.120. The van der Waals surface area contributed by atoms with Crippen LogP contribution >= 0.6 is 0 Å².